The van der Waals surface area contributed by atoms with Crippen LogP contribution in [0.25, 0.3) is 0 Å². The van der Waals surface area contributed by atoms with Crippen LogP contribution in [0.15, 0.2) is 60.7 Å². The van der Waals surface area contributed by atoms with Crippen molar-refractivity contribution in [3.05, 3.63) is 71.8 Å². The van der Waals surface area contributed by atoms with Crippen molar-refractivity contribution in [3.63, 3.8) is 0 Å². The number of nitrogens with one attached hydrogen (secondary N) is 8. The van der Waals surface area contributed by atoms with Gasteiger partial charge in [0, 0.05) is 25.8 Å². The average Bonchev–Trinajstić information content (AvgIpc) is 3.35. The highest BCUT2D eigenvalue weighted by atomic mass is 16.6. The van der Waals surface area contributed by atoms with E-state index in [9.17, 15) is 43.2 Å². The van der Waals surface area contributed by atoms with E-state index in [1.165, 1.54) is 7.11 Å². The lowest BCUT2D eigenvalue weighted by Crippen LogP contribution is -2.62. The molecule has 1 aliphatic rings. The van der Waals surface area contributed by atoms with E-state index in [-0.39, 0.29) is 56.4 Å². The molecule has 2 aromatic carbocycles. The third kappa shape index (κ3) is 22.4. The van der Waals surface area contributed by atoms with Gasteiger partial charge in [0.2, 0.25) is 41.4 Å². The summed E-state index contributed by atoms with van der Waals surface area (Å²) >= 11 is 0. The van der Waals surface area contributed by atoms with Crippen LogP contribution in [0.4, 0.5) is 4.79 Å². The molecule has 0 aromatic heterocycles. The van der Waals surface area contributed by atoms with E-state index in [4.69, 9.17) is 9.47 Å². The number of rotatable bonds is 28. The van der Waals surface area contributed by atoms with Gasteiger partial charge >= 0.3 is 12.1 Å². The molecule has 0 bridgehead atoms. The highest BCUT2D eigenvalue weighted by Gasteiger charge is 2.40. The van der Waals surface area contributed by atoms with Crippen molar-refractivity contribution in [1.82, 2.24) is 42.5 Å². The molecule has 0 heterocycles. The Morgan fingerprint density at radius 2 is 0.974 bits per heavy atom. The summed E-state index contributed by atoms with van der Waals surface area (Å²) in [5.74, 6) is -5.40. The summed E-state index contributed by atoms with van der Waals surface area (Å²) < 4.78 is 10.4. The van der Waals surface area contributed by atoms with Crippen molar-refractivity contribution in [2.45, 2.75) is 202 Å². The van der Waals surface area contributed by atoms with Crippen LogP contribution in [-0.2, 0) is 60.7 Å². The number of hydrogen-bond donors (Lipinski definition) is 8. The number of ether oxygens (including phenoxy) is 2. The predicted molar refractivity (Wildman–Crippen MR) is 299 cm³/mol. The molecule has 0 aliphatic heterocycles. The molecule has 0 radical (unpaired) electrons. The average molecular weight is 1090 g/mol. The molecular weight excluding hydrogens is 997 g/mol. The first kappa shape index (κ1) is 65.8. The van der Waals surface area contributed by atoms with Gasteiger partial charge in [-0.2, -0.15) is 0 Å². The maximum absolute atomic E-state index is 14.3. The molecule has 78 heavy (non-hydrogen) atoms. The molecule has 19 nitrogen and oxygen atoms in total. The van der Waals surface area contributed by atoms with Gasteiger partial charge in [0.25, 0.3) is 0 Å². The summed E-state index contributed by atoms with van der Waals surface area (Å²) in [7, 11) is 1.24. The third-order valence-corrected chi connectivity index (χ3v) is 13.6. The maximum atomic E-state index is 14.3. The predicted octanol–water partition coefficient (Wildman–Crippen LogP) is 5.72. The van der Waals surface area contributed by atoms with Crippen LogP contribution < -0.4 is 42.5 Å². The van der Waals surface area contributed by atoms with Crippen molar-refractivity contribution in [1.29, 1.82) is 0 Å². The molecule has 8 N–H and O–H groups in total. The van der Waals surface area contributed by atoms with Gasteiger partial charge in [0.05, 0.1) is 7.11 Å². The second-order valence-corrected chi connectivity index (χ2v) is 24.1. The summed E-state index contributed by atoms with van der Waals surface area (Å²) in [6.45, 7) is 23.0. The lowest BCUT2D eigenvalue weighted by molar-refractivity contribution is -0.146. The Hall–Kier alpha value is -6.53. The molecule has 0 spiro atoms. The van der Waals surface area contributed by atoms with Gasteiger partial charge in [0.15, 0.2) is 0 Å². The van der Waals surface area contributed by atoms with Crippen LogP contribution in [0.1, 0.15) is 153 Å². The molecule has 1 aliphatic carbocycles. The van der Waals surface area contributed by atoms with Crippen molar-refractivity contribution >= 4 is 53.4 Å². The number of hydrogen-bond acceptors (Lipinski definition) is 11. The number of esters is 1. The molecule has 0 saturated heterocycles. The van der Waals surface area contributed by atoms with E-state index >= 15 is 0 Å². The van der Waals surface area contributed by atoms with Gasteiger partial charge in [-0.05, 0) is 101 Å². The van der Waals surface area contributed by atoms with Gasteiger partial charge < -0.3 is 52.0 Å². The second-order valence-electron chi connectivity index (χ2n) is 24.1. The molecule has 6 atom stereocenters. The molecule has 2 aromatic rings. The monoisotopic (exact) mass is 1090 g/mol. The zero-order valence-electron chi connectivity index (χ0n) is 48.8. The SMILES string of the molecule is COC(=O)[C@@H](NC(=O)[C@H](Cc1ccccc1)NC(=O)[C@H](CC(C)C)NC(=O)CC1(CNC(=O)C(C)(C)NC(=O)[C@@H](NC(=O)[C@H](Cc2ccccc2)NC(=O)[C@H](CC(C)C)NC(=O)OC(C)(C)C)C(C)C)CCCCC1)C(C)C. The summed E-state index contributed by atoms with van der Waals surface area (Å²) in [6, 6.07) is 11.8. The highest BCUT2D eigenvalue weighted by Crippen LogP contribution is 2.39. The molecule has 8 amide bonds. The smallest absolute Gasteiger partial charge is 0.408 e. The third-order valence-electron chi connectivity index (χ3n) is 13.6. The van der Waals surface area contributed by atoms with E-state index in [2.05, 4.69) is 42.5 Å². The molecule has 19 heteroatoms. The lowest BCUT2D eigenvalue weighted by Gasteiger charge is -2.38. The number of carbonyl (C=O) groups excluding carboxylic acids is 9. The van der Waals surface area contributed by atoms with Crippen molar-refractivity contribution in [3.8, 4) is 0 Å². The normalized spacial score (nSPS) is 15.8. The molecule has 3 rings (SSSR count). The summed E-state index contributed by atoms with van der Waals surface area (Å²) in [6.07, 6.45) is 3.68. The van der Waals surface area contributed by atoms with E-state index in [0.717, 1.165) is 30.4 Å². The molecular formula is C59H92N8O11. The van der Waals surface area contributed by atoms with Crippen LogP contribution in [-0.4, -0.2) is 114 Å². The topological polar surface area (TPSA) is 268 Å². The molecule has 1 fully saturated rings. The first-order valence-corrected chi connectivity index (χ1v) is 27.7. The summed E-state index contributed by atoms with van der Waals surface area (Å²) in [4.78, 5) is 124. The fourth-order valence-corrected chi connectivity index (χ4v) is 9.42. The minimum absolute atomic E-state index is 0.0114. The van der Waals surface area contributed by atoms with Crippen LogP contribution in [0.5, 0.6) is 0 Å². The zero-order chi connectivity index (χ0) is 58.5. The van der Waals surface area contributed by atoms with Crippen molar-refractivity contribution in [2.75, 3.05) is 13.7 Å². The van der Waals surface area contributed by atoms with E-state index in [0.29, 0.717) is 12.8 Å². The number of amides is 8. The van der Waals surface area contributed by atoms with Crippen LogP contribution >= 0.6 is 0 Å². The Bertz CT molecular complexity index is 2310. The Labute approximate surface area is 463 Å². The van der Waals surface area contributed by atoms with E-state index < -0.39 is 112 Å². The Kier molecular flexibility index (Phi) is 25.8. The van der Waals surface area contributed by atoms with Crippen molar-refractivity contribution < 1.29 is 52.6 Å². The highest BCUT2D eigenvalue weighted by molar-refractivity contribution is 5.97. The maximum Gasteiger partial charge on any atom is 0.408 e. The van der Waals surface area contributed by atoms with E-state index in [1.807, 2.05) is 76.2 Å². The number of alkyl carbamates (subject to hydrolysis) is 1. The van der Waals surface area contributed by atoms with Crippen LogP contribution in [0.2, 0.25) is 0 Å². The molecule has 1 saturated carbocycles. The Morgan fingerprint density at radius 1 is 0.538 bits per heavy atom. The zero-order valence-corrected chi connectivity index (χ0v) is 48.8. The van der Waals surface area contributed by atoms with Crippen molar-refractivity contribution in [2.24, 2.45) is 29.1 Å². The minimum Gasteiger partial charge on any atom is -0.467 e. The molecule has 0 unspecified atom stereocenters. The second kappa shape index (κ2) is 30.6. The number of carbonyl (C=O) groups is 9. The lowest BCUT2D eigenvalue weighted by atomic mass is 9.71. The summed E-state index contributed by atoms with van der Waals surface area (Å²) in [5.41, 5.74) is -1.50. The number of benzene rings is 2. The molecule has 434 valence electrons. The standard InChI is InChI=1S/C59H92N8O11/c1-36(2)30-42(49(69)62-45(33-41-26-20-16-21-27-41)52(72)66-48(39(7)8)54(74)77-14)61-46(68)34-59(28-22-17-23-29-59)35-60-55(75)58(12,13)67-53(73)47(38(5)6)65-51(71)44(32-40-24-18-15-19-25-40)63-50(70)43(31-37(3)4)64-56(76)78-57(9,10)11/h15-16,18-21,24-27,36-39,42-45,47-48H,17,22-23,28-35H2,1-14H3,(H,60,75)(H,61,68)(H,62,69)(H,63,70)(H,64,76)(H,65,71)(H,66,72)(H,67,73)/t42-,43-,44-,45-,47-,48-/m0/s1. The van der Waals surface area contributed by atoms with Gasteiger partial charge in [-0.15, -0.1) is 0 Å². The Balaban J connectivity index is 1.78. The first-order chi connectivity index (χ1) is 36.4. The fraction of sp³-hybridized carbons (Fsp3) is 0.644. The minimum atomic E-state index is -1.50. The van der Waals surface area contributed by atoms with Gasteiger partial charge in [-0.25, -0.2) is 9.59 Å². The Morgan fingerprint density at radius 3 is 1.40 bits per heavy atom. The quantitative estimate of drug-likeness (QED) is 0.0478. The van der Waals surface area contributed by atoms with Gasteiger partial charge in [0.1, 0.15) is 47.4 Å². The van der Waals surface area contributed by atoms with E-state index in [1.54, 1.807) is 74.4 Å². The first-order valence-electron chi connectivity index (χ1n) is 27.7. The van der Waals surface area contributed by atoms with Crippen LogP contribution in [0.3, 0.4) is 0 Å². The largest absolute Gasteiger partial charge is 0.467 e. The number of methoxy groups -OCH3 is 1. The summed E-state index contributed by atoms with van der Waals surface area (Å²) in [5, 5.41) is 22.7. The van der Waals surface area contributed by atoms with Gasteiger partial charge in [-0.1, -0.05) is 135 Å². The van der Waals surface area contributed by atoms with Gasteiger partial charge in [-0.3, -0.25) is 33.6 Å². The van der Waals surface area contributed by atoms with Crippen LogP contribution in [0, 0.1) is 29.1 Å². The fourth-order valence-electron chi connectivity index (χ4n) is 9.42.